The van der Waals surface area contributed by atoms with Gasteiger partial charge in [-0.05, 0) is 31.2 Å². The first-order chi connectivity index (χ1) is 10.3. The van der Waals surface area contributed by atoms with Crippen molar-refractivity contribution < 1.29 is 9.26 Å². The maximum Gasteiger partial charge on any atom is 0.233 e. The van der Waals surface area contributed by atoms with E-state index in [0.717, 1.165) is 18.6 Å². The minimum absolute atomic E-state index is 0.115. The molecular formula is C15H18ClN3O2. The number of ether oxygens (including phenoxy) is 1. The summed E-state index contributed by atoms with van der Waals surface area (Å²) in [5.41, 5.74) is 1.07. The van der Waals surface area contributed by atoms with E-state index in [0.29, 0.717) is 35.8 Å². The number of rotatable bonds is 4. The highest BCUT2D eigenvalue weighted by Crippen LogP contribution is 2.25. The molecular weight excluding hydrogens is 290 g/mol. The summed E-state index contributed by atoms with van der Waals surface area (Å²) >= 11 is 5.99. The van der Waals surface area contributed by atoms with Crippen LogP contribution >= 0.6 is 11.6 Å². The van der Waals surface area contributed by atoms with Crippen LogP contribution in [0.15, 0.2) is 28.8 Å². The Morgan fingerprint density at radius 3 is 3.14 bits per heavy atom. The zero-order valence-corrected chi connectivity index (χ0v) is 12.6. The number of nitrogens with one attached hydrogen (secondary N) is 1. The normalized spacial score (nSPS) is 22.4. The van der Waals surface area contributed by atoms with Crippen molar-refractivity contribution in [2.75, 3.05) is 20.3 Å². The second kappa shape index (κ2) is 6.56. The van der Waals surface area contributed by atoms with E-state index in [-0.39, 0.29) is 5.92 Å². The van der Waals surface area contributed by atoms with Crippen LogP contribution in [-0.4, -0.2) is 36.4 Å². The fourth-order valence-electron chi connectivity index (χ4n) is 2.65. The lowest BCUT2D eigenvalue weighted by Crippen LogP contribution is -2.39. The summed E-state index contributed by atoms with van der Waals surface area (Å²) in [5, 5.41) is 8.08. The molecule has 5 nitrogen and oxygen atoms in total. The van der Waals surface area contributed by atoms with Crippen LogP contribution in [0.4, 0.5) is 0 Å². The largest absolute Gasteiger partial charge is 0.381 e. The van der Waals surface area contributed by atoms with E-state index in [1.54, 1.807) is 0 Å². The van der Waals surface area contributed by atoms with Crippen LogP contribution in [0, 0.1) is 0 Å². The molecule has 1 aliphatic heterocycles. The monoisotopic (exact) mass is 307 g/mol. The van der Waals surface area contributed by atoms with Gasteiger partial charge in [-0.3, -0.25) is 0 Å². The smallest absolute Gasteiger partial charge is 0.233 e. The number of likely N-dealkylation sites (N-methyl/N-ethyl adjacent to an activating group) is 1. The highest BCUT2D eigenvalue weighted by atomic mass is 35.5. The Morgan fingerprint density at radius 1 is 1.43 bits per heavy atom. The lowest BCUT2D eigenvalue weighted by Gasteiger charge is -2.28. The molecule has 0 amide bonds. The Bertz CT molecular complexity index is 602. The Hall–Kier alpha value is -1.43. The molecule has 0 spiro atoms. The van der Waals surface area contributed by atoms with Gasteiger partial charge in [-0.1, -0.05) is 28.9 Å². The van der Waals surface area contributed by atoms with E-state index in [1.807, 2.05) is 31.3 Å². The Kier molecular flexibility index (Phi) is 4.53. The third-order valence-electron chi connectivity index (χ3n) is 3.78. The van der Waals surface area contributed by atoms with Gasteiger partial charge in [0.25, 0.3) is 0 Å². The highest BCUT2D eigenvalue weighted by molar-refractivity contribution is 6.30. The van der Waals surface area contributed by atoms with Gasteiger partial charge in [0.1, 0.15) is 0 Å². The molecule has 112 valence electrons. The Labute approximate surface area is 128 Å². The molecule has 1 aliphatic rings. The molecule has 2 atom stereocenters. The van der Waals surface area contributed by atoms with Gasteiger partial charge in [0.05, 0.1) is 12.5 Å². The minimum Gasteiger partial charge on any atom is -0.381 e. The van der Waals surface area contributed by atoms with E-state index >= 15 is 0 Å². The van der Waals surface area contributed by atoms with E-state index in [2.05, 4.69) is 15.5 Å². The summed E-state index contributed by atoms with van der Waals surface area (Å²) in [4.78, 5) is 4.52. The molecule has 1 aromatic heterocycles. The first kappa shape index (κ1) is 14.5. The van der Waals surface area contributed by atoms with E-state index in [9.17, 15) is 0 Å². The second-order valence-corrected chi connectivity index (χ2v) is 5.66. The van der Waals surface area contributed by atoms with Crippen LogP contribution in [0.2, 0.25) is 5.02 Å². The zero-order chi connectivity index (χ0) is 14.7. The van der Waals surface area contributed by atoms with Crippen LogP contribution in [0.25, 0.3) is 0 Å². The number of nitrogens with zero attached hydrogens (tertiary/aromatic N) is 2. The molecule has 1 aromatic carbocycles. The average Bonchev–Trinajstić information content (AvgIpc) is 2.95. The lowest BCUT2D eigenvalue weighted by molar-refractivity contribution is 0.0516. The van der Waals surface area contributed by atoms with Crippen LogP contribution in [0.1, 0.15) is 29.6 Å². The van der Waals surface area contributed by atoms with Gasteiger partial charge in [-0.25, -0.2) is 0 Å². The van der Waals surface area contributed by atoms with Crippen molar-refractivity contribution in [3.63, 3.8) is 0 Å². The van der Waals surface area contributed by atoms with Gasteiger partial charge in [-0.15, -0.1) is 0 Å². The summed E-state index contributed by atoms with van der Waals surface area (Å²) in [6, 6.07) is 8.01. The van der Waals surface area contributed by atoms with Crippen LogP contribution in [0.5, 0.6) is 0 Å². The molecule has 0 bridgehead atoms. The van der Waals surface area contributed by atoms with E-state index in [1.165, 1.54) is 0 Å². The van der Waals surface area contributed by atoms with Crippen LogP contribution in [0.3, 0.4) is 0 Å². The molecule has 3 rings (SSSR count). The summed E-state index contributed by atoms with van der Waals surface area (Å²) in [6.45, 7) is 1.38. The van der Waals surface area contributed by atoms with Crippen molar-refractivity contribution in [3.05, 3.63) is 46.6 Å². The number of aromatic nitrogens is 2. The van der Waals surface area contributed by atoms with Crippen molar-refractivity contribution in [2.45, 2.75) is 24.8 Å². The topological polar surface area (TPSA) is 60.2 Å². The molecule has 1 saturated heterocycles. The number of hydrogen-bond donors (Lipinski definition) is 1. The fraction of sp³-hybridized carbons (Fsp3) is 0.467. The van der Waals surface area contributed by atoms with Crippen molar-refractivity contribution in [3.8, 4) is 0 Å². The van der Waals surface area contributed by atoms with Gasteiger partial charge in [0.2, 0.25) is 5.89 Å². The first-order valence-electron chi connectivity index (χ1n) is 7.08. The molecule has 0 saturated carbocycles. The molecule has 2 unspecified atom stereocenters. The van der Waals surface area contributed by atoms with Gasteiger partial charge < -0.3 is 14.6 Å². The predicted octanol–water partition coefficient (Wildman–Crippen LogP) is 2.41. The highest BCUT2D eigenvalue weighted by Gasteiger charge is 2.30. The molecule has 0 radical (unpaired) electrons. The van der Waals surface area contributed by atoms with Crippen LogP contribution < -0.4 is 5.32 Å². The third-order valence-corrected chi connectivity index (χ3v) is 4.01. The minimum atomic E-state index is 0.115. The molecule has 2 heterocycles. The van der Waals surface area contributed by atoms with Crippen molar-refractivity contribution >= 4 is 11.6 Å². The summed E-state index contributed by atoms with van der Waals surface area (Å²) < 4.78 is 11.0. The third kappa shape index (κ3) is 3.43. The lowest BCUT2D eigenvalue weighted by atomic mass is 9.96. The number of benzene rings is 1. The second-order valence-electron chi connectivity index (χ2n) is 5.22. The van der Waals surface area contributed by atoms with Gasteiger partial charge in [-0.2, -0.15) is 4.98 Å². The zero-order valence-electron chi connectivity index (χ0n) is 11.9. The fourth-order valence-corrected chi connectivity index (χ4v) is 2.86. The van der Waals surface area contributed by atoms with Crippen molar-refractivity contribution in [1.29, 1.82) is 0 Å². The Balaban J connectivity index is 1.73. The summed E-state index contributed by atoms with van der Waals surface area (Å²) in [7, 11) is 1.95. The number of hydrogen-bond acceptors (Lipinski definition) is 5. The molecule has 2 aromatic rings. The number of halogens is 1. The SMILES string of the molecule is CNC1CCOCC1c1nc(Cc2cccc(Cl)c2)no1. The predicted molar refractivity (Wildman–Crippen MR) is 79.6 cm³/mol. The molecule has 21 heavy (non-hydrogen) atoms. The maximum atomic E-state index is 5.99. The van der Waals surface area contributed by atoms with Crippen molar-refractivity contribution in [1.82, 2.24) is 15.5 Å². The first-order valence-corrected chi connectivity index (χ1v) is 7.46. The van der Waals surface area contributed by atoms with Gasteiger partial charge >= 0.3 is 0 Å². The molecule has 1 N–H and O–H groups in total. The molecule has 0 aliphatic carbocycles. The van der Waals surface area contributed by atoms with Crippen LogP contribution in [-0.2, 0) is 11.2 Å². The molecule has 1 fully saturated rings. The standard InChI is InChI=1S/C15H18ClN3O2/c1-17-13-5-6-20-9-12(13)15-18-14(19-21-15)8-10-3-2-4-11(16)7-10/h2-4,7,12-13,17H,5-6,8-9H2,1H3. The van der Waals surface area contributed by atoms with E-state index < -0.39 is 0 Å². The molecule has 6 heteroatoms. The maximum absolute atomic E-state index is 5.99. The van der Waals surface area contributed by atoms with Gasteiger partial charge in [0, 0.05) is 24.1 Å². The average molecular weight is 308 g/mol. The quantitative estimate of drug-likeness (QED) is 0.940. The summed E-state index contributed by atoms with van der Waals surface area (Å²) in [6.07, 6.45) is 1.56. The van der Waals surface area contributed by atoms with E-state index in [4.69, 9.17) is 20.9 Å². The Morgan fingerprint density at radius 2 is 2.33 bits per heavy atom. The van der Waals surface area contributed by atoms with Crippen molar-refractivity contribution in [2.24, 2.45) is 0 Å². The summed E-state index contributed by atoms with van der Waals surface area (Å²) in [5.74, 6) is 1.43. The van der Waals surface area contributed by atoms with Gasteiger partial charge in [0.15, 0.2) is 5.82 Å².